The maximum Gasteiger partial charge on any atom is 0.361 e. The normalized spacial score (nSPS) is 10.8. The van der Waals surface area contributed by atoms with Crippen molar-refractivity contribution in [2.75, 3.05) is 21.3 Å². The highest BCUT2D eigenvalue weighted by atomic mass is 35.5. The molecule has 0 saturated heterocycles. The third-order valence-electron chi connectivity index (χ3n) is 5.34. The number of ether oxygens (including phenoxy) is 4. The Morgan fingerprint density at radius 1 is 1.03 bits per heavy atom. The number of nitrogens with zero attached hydrogens (tertiary/aromatic N) is 4. The zero-order valence-electron chi connectivity index (χ0n) is 19.8. The molecule has 2 heterocycles. The lowest BCUT2D eigenvalue weighted by Gasteiger charge is -2.07. The van der Waals surface area contributed by atoms with Gasteiger partial charge in [-0.25, -0.2) is 14.5 Å². The predicted octanol–water partition coefficient (Wildman–Crippen LogP) is 4.58. The summed E-state index contributed by atoms with van der Waals surface area (Å²) >= 11 is 6.21. The van der Waals surface area contributed by atoms with E-state index in [1.165, 1.54) is 11.8 Å². The number of halogens is 1. The first kappa shape index (κ1) is 24.1. The van der Waals surface area contributed by atoms with Crippen molar-refractivity contribution in [1.82, 2.24) is 20.0 Å². The lowest BCUT2D eigenvalue weighted by Crippen LogP contribution is -2.09. The Labute approximate surface area is 206 Å². The van der Waals surface area contributed by atoms with E-state index in [1.54, 1.807) is 64.5 Å². The molecule has 10 nitrogen and oxygen atoms in total. The molecule has 0 fully saturated rings. The molecule has 0 bridgehead atoms. The standard InChI is InChI=1S/C24H23ClN4O6/c1-13-22(27-28-29(13)15-6-9-20(32-4)18(25)10-15)24(30)34-12-19-14(2)35-23(26-19)17-8-7-16(31-3)11-21(17)33-5/h6-11H,12H2,1-5H3. The fourth-order valence-electron chi connectivity index (χ4n) is 3.40. The number of hydrogen-bond donors (Lipinski definition) is 0. The van der Waals surface area contributed by atoms with Crippen molar-refractivity contribution >= 4 is 17.6 Å². The summed E-state index contributed by atoms with van der Waals surface area (Å²) in [5.41, 5.74) is 2.32. The van der Waals surface area contributed by atoms with E-state index >= 15 is 0 Å². The van der Waals surface area contributed by atoms with Crippen LogP contribution in [0.4, 0.5) is 0 Å². The topological polar surface area (TPSA) is 111 Å². The lowest BCUT2D eigenvalue weighted by atomic mass is 10.2. The van der Waals surface area contributed by atoms with Gasteiger partial charge in [-0.2, -0.15) is 0 Å². The van der Waals surface area contributed by atoms with Crippen LogP contribution in [-0.2, 0) is 11.3 Å². The van der Waals surface area contributed by atoms with Gasteiger partial charge in [0.1, 0.15) is 35.3 Å². The minimum absolute atomic E-state index is 0.0788. The Morgan fingerprint density at radius 3 is 2.49 bits per heavy atom. The Morgan fingerprint density at radius 2 is 1.80 bits per heavy atom. The molecule has 0 radical (unpaired) electrons. The van der Waals surface area contributed by atoms with Gasteiger partial charge in [-0.05, 0) is 44.2 Å². The van der Waals surface area contributed by atoms with Crippen LogP contribution in [0.3, 0.4) is 0 Å². The van der Waals surface area contributed by atoms with Crippen molar-refractivity contribution in [3.05, 3.63) is 64.3 Å². The molecule has 2 aromatic carbocycles. The van der Waals surface area contributed by atoms with Crippen LogP contribution in [0.5, 0.6) is 17.2 Å². The van der Waals surface area contributed by atoms with Gasteiger partial charge in [-0.1, -0.05) is 16.8 Å². The molecule has 0 unspecified atom stereocenters. The van der Waals surface area contributed by atoms with E-state index in [2.05, 4.69) is 15.3 Å². The number of methoxy groups -OCH3 is 3. The first-order valence-corrected chi connectivity index (χ1v) is 10.9. The van der Waals surface area contributed by atoms with Gasteiger partial charge in [0.2, 0.25) is 5.89 Å². The van der Waals surface area contributed by atoms with Crippen LogP contribution in [0.2, 0.25) is 5.02 Å². The smallest absolute Gasteiger partial charge is 0.361 e. The number of carbonyl (C=O) groups excluding carboxylic acids is 1. The average molecular weight is 499 g/mol. The average Bonchev–Trinajstić information content (AvgIpc) is 3.44. The van der Waals surface area contributed by atoms with E-state index in [4.69, 9.17) is 35.0 Å². The summed E-state index contributed by atoms with van der Waals surface area (Å²) in [6.45, 7) is 3.35. The maximum absolute atomic E-state index is 12.7. The molecule has 0 aliphatic heterocycles. The largest absolute Gasteiger partial charge is 0.497 e. The van der Waals surface area contributed by atoms with Crippen molar-refractivity contribution in [3.8, 4) is 34.4 Å². The molecule has 35 heavy (non-hydrogen) atoms. The Kier molecular flexibility index (Phi) is 6.92. The summed E-state index contributed by atoms with van der Waals surface area (Å²) in [6, 6.07) is 10.4. The lowest BCUT2D eigenvalue weighted by molar-refractivity contribution is 0.0459. The maximum atomic E-state index is 12.7. The molecule has 0 amide bonds. The van der Waals surface area contributed by atoms with Gasteiger partial charge in [0.25, 0.3) is 0 Å². The molecule has 0 aliphatic carbocycles. The van der Waals surface area contributed by atoms with Gasteiger partial charge in [-0.3, -0.25) is 0 Å². The molecule has 0 aliphatic rings. The molecule has 4 rings (SSSR count). The number of esters is 1. The van der Waals surface area contributed by atoms with Crippen LogP contribution in [-0.4, -0.2) is 47.3 Å². The van der Waals surface area contributed by atoms with E-state index in [1.807, 2.05) is 0 Å². The van der Waals surface area contributed by atoms with Gasteiger partial charge < -0.3 is 23.4 Å². The Bertz CT molecular complexity index is 1380. The zero-order chi connectivity index (χ0) is 25.1. The second-order valence-electron chi connectivity index (χ2n) is 7.42. The highest BCUT2D eigenvalue weighted by Gasteiger charge is 2.22. The number of carbonyl (C=O) groups is 1. The monoisotopic (exact) mass is 498 g/mol. The first-order chi connectivity index (χ1) is 16.9. The molecule has 4 aromatic rings. The third kappa shape index (κ3) is 4.78. The van der Waals surface area contributed by atoms with Gasteiger partial charge in [0, 0.05) is 6.07 Å². The first-order valence-electron chi connectivity index (χ1n) is 10.5. The van der Waals surface area contributed by atoms with E-state index in [-0.39, 0.29) is 12.3 Å². The van der Waals surface area contributed by atoms with Gasteiger partial charge in [0.05, 0.1) is 43.3 Å². The highest BCUT2D eigenvalue weighted by Crippen LogP contribution is 2.34. The number of rotatable bonds is 8. The molecule has 0 N–H and O–H groups in total. The van der Waals surface area contributed by atoms with Crippen LogP contribution in [0, 0.1) is 13.8 Å². The number of benzene rings is 2. The number of aromatic nitrogens is 4. The fourth-order valence-corrected chi connectivity index (χ4v) is 3.66. The quantitative estimate of drug-likeness (QED) is 0.322. The second-order valence-corrected chi connectivity index (χ2v) is 7.83. The molecule has 182 valence electrons. The van der Waals surface area contributed by atoms with Crippen molar-refractivity contribution in [1.29, 1.82) is 0 Å². The summed E-state index contributed by atoms with van der Waals surface area (Å²) in [6.07, 6.45) is 0. The van der Waals surface area contributed by atoms with Crippen molar-refractivity contribution in [2.24, 2.45) is 0 Å². The number of oxazole rings is 1. The minimum Gasteiger partial charge on any atom is -0.497 e. The van der Waals surface area contributed by atoms with Crippen LogP contribution in [0.25, 0.3) is 17.1 Å². The molecular weight excluding hydrogens is 476 g/mol. The minimum atomic E-state index is -0.640. The Balaban J connectivity index is 1.50. The summed E-state index contributed by atoms with van der Waals surface area (Å²) in [4.78, 5) is 17.2. The van der Waals surface area contributed by atoms with Crippen LogP contribution in [0.1, 0.15) is 27.6 Å². The molecule has 11 heteroatoms. The van der Waals surface area contributed by atoms with E-state index in [0.717, 1.165) is 0 Å². The molecule has 0 atom stereocenters. The van der Waals surface area contributed by atoms with Crippen molar-refractivity contribution in [3.63, 3.8) is 0 Å². The van der Waals surface area contributed by atoms with Crippen LogP contribution < -0.4 is 14.2 Å². The molecule has 0 spiro atoms. The van der Waals surface area contributed by atoms with Gasteiger partial charge in [0.15, 0.2) is 5.69 Å². The number of hydrogen-bond acceptors (Lipinski definition) is 9. The SMILES string of the molecule is COc1ccc(-c2nc(COC(=O)c3nnn(-c4ccc(OC)c(Cl)c4)c3C)c(C)o2)c(OC)c1. The molecular formula is C24H23ClN4O6. The van der Waals surface area contributed by atoms with E-state index in [0.29, 0.717) is 56.6 Å². The third-order valence-corrected chi connectivity index (χ3v) is 5.63. The van der Waals surface area contributed by atoms with Crippen molar-refractivity contribution < 1.29 is 28.2 Å². The summed E-state index contributed by atoms with van der Waals surface area (Å²) < 4.78 is 28.6. The molecule has 0 saturated carbocycles. The summed E-state index contributed by atoms with van der Waals surface area (Å²) in [7, 11) is 4.65. The van der Waals surface area contributed by atoms with E-state index < -0.39 is 5.97 Å². The van der Waals surface area contributed by atoms with E-state index in [9.17, 15) is 4.79 Å². The fraction of sp³-hybridized carbons (Fsp3) is 0.250. The van der Waals surface area contributed by atoms with Gasteiger partial charge in [-0.15, -0.1) is 5.10 Å². The van der Waals surface area contributed by atoms with Crippen LogP contribution in [0.15, 0.2) is 40.8 Å². The summed E-state index contributed by atoms with van der Waals surface area (Å²) in [5.74, 6) is 1.93. The molecule has 2 aromatic heterocycles. The van der Waals surface area contributed by atoms with Crippen molar-refractivity contribution in [2.45, 2.75) is 20.5 Å². The predicted molar refractivity (Wildman–Crippen MR) is 127 cm³/mol. The summed E-state index contributed by atoms with van der Waals surface area (Å²) in [5, 5.41) is 8.46. The number of aryl methyl sites for hydroxylation is 1. The second kappa shape index (κ2) is 10.1. The highest BCUT2D eigenvalue weighted by molar-refractivity contribution is 6.32. The van der Waals surface area contributed by atoms with Crippen LogP contribution >= 0.6 is 11.6 Å². The zero-order valence-corrected chi connectivity index (χ0v) is 20.5. The Hall–Kier alpha value is -4.05. The van der Waals surface area contributed by atoms with Gasteiger partial charge >= 0.3 is 5.97 Å².